The van der Waals surface area contributed by atoms with Crippen LogP contribution < -0.4 is 15.5 Å². The van der Waals surface area contributed by atoms with Crippen LogP contribution in [0.1, 0.15) is 24.1 Å². The molecule has 11 heteroatoms. The fourth-order valence-corrected chi connectivity index (χ4v) is 4.85. The number of piperidine rings is 1. The molecule has 0 atom stereocenters. The second-order valence-corrected chi connectivity index (χ2v) is 9.62. The van der Waals surface area contributed by atoms with E-state index in [0.717, 1.165) is 49.8 Å². The molecule has 5 heterocycles. The molecule has 2 fully saturated rings. The summed E-state index contributed by atoms with van der Waals surface area (Å²) >= 11 is 0.876. The quantitative estimate of drug-likeness (QED) is 0.467. The third kappa shape index (κ3) is 5.74. The third-order valence-electron chi connectivity index (χ3n) is 6.12. The standard InChI is InChI=1S/C25H24FN7O2S/c26-20-15-27-7-4-19(20)21-2-1-17(14-30-21)13-28-12-16-5-9-33(10-6-16)24-29-8-3-18(31-24)11-22-23(34)32-25(35)36-22/h1-4,7-8,11,14-16,28H,5-6,9-10,12-13H2,(H,32,34,35)/b22-11-. The van der Waals surface area contributed by atoms with E-state index in [0.29, 0.717) is 40.3 Å². The first-order valence-electron chi connectivity index (χ1n) is 11.6. The van der Waals surface area contributed by atoms with Crippen LogP contribution in [0.25, 0.3) is 17.3 Å². The largest absolute Gasteiger partial charge is 0.341 e. The molecule has 0 spiro atoms. The predicted octanol–water partition coefficient (Wildman–Crippen LogP) is 3.40. The number of aromatic nitrogens is 4. The fourth-order valence-electron chi connectivity index (χ4n) is 4.18. The minimum Gasteiger partial charge on any atom is -0.341 e. The lowest BCUT2D eigenvalue weighted by atomic mass is 9.97. The normalized spacial score (nSPS) is 17.6. The van der Waals surface area contributed by atoms with Gasteiger partial charge in [0.15, 0.2) is 5.82 Å². The van der Waals surface area contributed by atoms with E-state index in [-0.39, 0.29) is 11.1 Å². The number of hydrogen-bond donors (Lipinski definition) is 2. The van der Waals surface area contributed by atoms with Gasteiger partial charge < -0.3 is 10.2 Å². The first-order valence-corrected chi connectivity index (χ1v) is 12.5. The molecule has 2 N–H and O–H groups in total. The first kappa shape index (κ1) is 24.0. The van der Waals surface area contributed by atoms with Gasteiger partial charge in [0.2, 0.25) is 5.95 Å². The van der Waals surface area contributed by atoms with Crippen LogP contribution in [-0.4, -0.2) is 50.7 Å². The number of nitrogens with zero attached hydrogens (tertiary/aromatic N) is 5. The molecule has 0 radical (unpaired) electrons. The molecule has 3 aromatic rings. The molecule has 0 bridgehead atoms. The van der Waals surface area contributed by atoms with E-state index in [9.17, 15) is 14.0 Å². The Bertz CT molecular complexity index is 1290. The number of imide groups is 1. The minimum absolute atomic E-state index is 0.337. The van der Waals surface area contributed by atoms with Crippen molar-refractivity contribution in [3.8, 4) is 11.3 Å². The summed E-state index contributed by atoms with van der Waals surface area (Å²) in [5.74, 6) is 0.387. The highest BCUT2D eigenvalue weighted by atomic mass is 32.2. The maximum Gasteiger partial charge on any atom is 0.290 e. The first-order chi connectivity index (χ1) is 17.5. The summed E-state index contributed by atoms with van der Waals surface area (Å²) in [7, 11) is 0. The average Bonchev–Trinajstić information content (AvgIpc) is 3.21. The summed E-state index contributed by atoms with van der Waals surface area (Å²) < 4.78 is 13.9. The van der Waals surface area contributed by atoms with Gasteiger partial charge in [-0.1, -0.05) is 6.07 Å². The SMILES string of the molecule is O=C1NC(=O)/C(=C/c2ccnc(N3CCC(CNCc4ccc(-c5ccncc5F)nc4)CC3)n2)S1. The summed E-state index contributed by atoms with van der Waals surface area (Å²) in [5, 5.41) is 5.38. The topological polar surface area (TPSA) is 113 Å². The van der Waals surface area contributed by atoms with Gasteiger partial charge in [-0.3, -0.25) is 24.9 Å². The molecule has 2 saturated heterocycles. The Hall–Kier alpha value is -3.70. The highest BCUT2D eigenvalue weighted by Gasteiger charge is 2.25. The van der Waals surface area contributed by atoms with Gasteiger partial charge in [0, 0.05) is 43.8 Å². The van der Waals surface area contributed by atoms with Crippen LogP contribution in [0.5, 0.6) is 0 Å². The molecule has 2 aliphatic rings. The van der Waals surface area contributed by atoms with Crippen molar-refractivity contribution in [3.63, 3.8) is 0 Å². The number of halogens is 1. The van der Waals surface area contributed by atoms with Gasteiger partial charge >= 0.3 is 0 Å². The van der Waals surface area contributed by atoms with Crippen molar-refractivity contribution in [2.75, 3.05) is 24.5 Å². The molecule has 9 nitrogen and oxygen atoms in total. The van der Waals surface area contributed by atoms with Crippen LogP contribution >= 0.6 is 11.8 Å². The van der Waals surface area contributed by atoms with Gasteiger partial charge in [-0.25, -0.2) is 14.4 Å². The lowest BCUT2D eigenvalue weighted by Crippen LogP contribution is -2.38. The smallest absolute Gasteiger partial charge is 0.290 e. The number of amides is 2. The molecular formula is C25H24FN7O2S. The zero-order chi connectivity index (χ0) is 24.9. The number of carbonyl (C=O) groups excluding carboxylic acids is 2. The highest BCUT2D eigenvalue weighted by Crippen LogP contribution is 2.26. The van der Waals surface area contributed by atoms with E-state index in [1.165, 1.54) is 6.20 Å². The molecule has 0 unspecified atom stereocenters. The summed E-state index contributed by atoms with van der Waals surface area (Å²) in [6.07, 6.45) is 9.82. The summed E-state index contributed by atoms with van der Waals surface area (Å²) in [6.45, 7) is 3.27. The van der Waals surface area contributed by atoms with Crippen molar-refractivity contribution in [3.05, 3.63) is 71.0 Å². The molecule has 0 saturated carbocycles. The van der Waals surface area contributed by atoms with E-state index in [4.69, 9.17) is 0 Å². The van der Waals surface area contributed by atoms with E-state index in [1.54, 1.807) is 36.8 Å². The average molecular weight is 506 g/mol. The monoisotopic (exact) mass is 505 g/mol. The highest BCUT2D eigenvalue weighted by molar-refractivity contribution is 8.18. The van der Waals surface area contributed by atoms with E-state index >= 15 is 0 Å². The number of hydrogen-bond acceptors (Lipinski definition) is 9. The summed E-state index contributed by atoms with van der Waals surface area (Å²) in [6, 6.07) is 7.13. The van der Waals surface area contributed by atoms with E-state index < -0.39 is 5.91 Å². The van der Waals surface area contributed by atoms with Crippen LogP contribution in [0, 0.1) is 11.7 Å². The van der Waals surface area contributed by atoms with E-state index in [2.05, 4.69) is 35.5 Å². The Morgan fingerprint density at radius 2 is 1.97 bits per heavy atom. The van der Waals surface area contributed by atoms with Crippen molar-refractivity contribution >= 4 is 34.9 Å². The number of nitrogens with one attached hydrogen (secondary N) is 2. The second kappa shape index (κ2) is 10.9. The molecule has 5 rings (SSSR count). The fraction of sp³-hybridized carbons (Fsp3) is 0.280. The lowest BCUT2D eigenvalue weighted by Gasteiger charge is -2.32. The Morgan fingerprint density at radius 1 is 1.11 bits per heavy atom. The van der Waals surface area contributed by atoms with Gasteiger partial charge in [0.05, 0.1) is 22.5 Å². The molecule has 2 amide bonds. The number of thioether (sulfide) groups is 1. The Morgan fingerprint density at radius 3 is 2.69 bits per heavy atom. The Labute approximate surface area is 211 Å². The Balaban J connectivity index is 1.09. The molecule has 3 aromatic heterocycles. The van der Waals surface area contributed by atoms with Crippen LogP contribution in [0.2, 0.25) is 0 Å². The van der Waals surface area contributed by atoms with Crippen molar-refractivity contribution in [1.82, 2.24) is 30.6 Å². The minimum atomic E-state index is -0.396. The van der Waals surface area contributed by atoms with Crippen LogP contribution in [0.3, 0.4) is 0 Å². The summed E-state index contributed by atoms with van der Waals surface area (Å²) in [4.78, 5) is 42.7. The van der Waals surface area contributed by atoms with Gasteiger partial charge in [-0.2, -0.15) is 0 Å². The Kier molecular flexibility index (Phi) is 7.28. The number of carbonyl (C=O) groups is 2. The van der Waals surface area contributed by atoms with Gasteiger partial charge in [-0.15, -0.1) is 0 Å². The molecule has 0 aromatic carbocycles. The zero-order valence-corrected chi connectivity index (χ0v) is 20.2. The van der Waals surface area contributed by atoms with E-state index in [1.807, 2.05) is 12.1 Å². The number of anilines is 1. The second-order valence-electron chi connectivity index (χ2n) is 8.60. The lowest BCUT2D eigenvalue weighted by molar-refractivity contribution is -0.115. The molecule has 2 aliphatic heterocycles. The molecule has 36 heavy (non-hydrogen) atoms. The van der Waals surface area contributed by atoms with Crippen LogP contribution in [-0.2, 0) is 11.3 Å². The van der Waals surface area contributed by atoms with Gasteiger partial charge in [-0.05, 0) is 66.9 Å². The van der Waals surface area contributed by atoms with Crippen molar-refractivity contribution in [1.29, 1.82) is 0 Å². The van der Waals surface area contributed by atoms with Gasteiger partial charge in [0.1, 0.15) is 0 Å². The third-order valence-corrected chi connectivity index (χ3v) is 6.93. The number of pyridine rings is 2. The van der Waals surface area contributed by atoms with Crippen molar-refractivity contribution in [2.24, 2.45) is 5.92 Å². The zero-order valence-electron chi connectivity index (χ0n) is 19.4. The van der Waals surface area contributed by atoms with Crippen molar-refractivity contribution < 1.29 is 14.0 Å². The van der Waals surface area contributed by atoms with Crippen LogP contribution in [0.15, 0.2) is 54.0 Å². The predicted molar refractivity (Wildman–Crippen MR) is 135 cm³/mol. The number of rotatable bonds is 7. The molecular weight excluding hydrogens is 481 g/mol. The molecule has 184 valence electrons. The summed E-state index contributed by atoms with van der Waals surface area (Å²) in [5.41, 5.74) is 2.68. The van der Waals surface area contributed by atoms with Gasteiger partial charge in [0.25, 0.3) is 11.1 Å². The molecule has 0 aliphatic carbocycles. The maximum atomic E-state index is 13.9. The van der Waals surface area contributed by atoms with Crippen LogP contribution in [0.4, 0.5) is 15.1 Å². The van der Waals surface area contributed by atoms with Crippen molar-refractivity contribution in [2.45, 2.75) is 19.4 Å². The maximum absolute atomic E-state index is 13.9.